The molecule has 100 valence electrons. The van der Waals surface area contributed by atoms with Gasteiger partial charge in [0.2, 0.25) is 0 Å². The SMILES string of the molecule is O=[N+]([O-])c1cc(OC(F)C(F)(F)F)c(Cl)cc1Cl. The van der Waals surface area contributed by atoms with Crippen LogP contribution in [0.25, 0.3) is 0 Å². The summed E-state index contributed by atoms with van der Waals surface area (Å²) in [6, 6.07) is 1.31. The number of nitrogens with zero attached hydrogens (tertiary/aromatic N) is 1. The van der Waals surface area contributed by atoms with Gasteiger partial charge in [-0.3, -0.25) is 10.1 Å². The molecule has 0 radical (unpaired) electrons. The van der Waals surface area contributed by atoms with E-state index in [9.17, 15) is 27.7 Å². The van der Waals surface area contributed by atoms with Crippen LogP contribution < -0.4 is 4.74 Å². The average molecular weight is 308 g/mol. The average Bonchev–Trinajstić information content (AvgIpc) is 2.19. The van der Waals surface area contributed by atoms with Crippen LogP contribution in [0.5, 0.6) is 5.75 Å². The zero-order valence-electron chi connectivity index (χ0n) is 8.17. The van der Waals surface area contributed by atoms with E-state index in [0.717, 1.165) is 6.07 Å². The molecule has 0 aliphatic heterocycles. The minimum Gasteiger partial charge on any atom is -0.450 e. The fourth-order valence-electron chi connectivity index (χ4n) is 0.927. The molecule has 0 aliphatic carbocycles. The molecule has 1 aromatic rings. The predicted octanol–water partition coefficient (Wildman–Crippen LogP) is 4.14. The third-order valence-electron chi connectivity index (χ3n) is 1.69. The number of hydrogen-bond donors (Lipinski definition) is 0. The maximum Gasteiger partial charge on any atom is 0.457 e. The van der Waals surface area contributed by atoms with Crippen molar-refractivity contribution in [1.29, 1.82) is 0 Å². The summed E-state index contributed by atoms with van der Waals surface area (Å²) < 4.78 is 52.2. The van der Waals surface area contributed by atoms with Gasteiger partial charge in [0, 0.05) is 0 Å². The largest absolute Gasteiger partial charge is 0.457 e. The summed E-state index contributed by atoms with van der Waals surface area (Å²) in [5.74, 6) is -0.822. The van der Waals surface area contributed by atoms with Gasteiger partial charge in [-0.15, -0.1) is 0 Å². The normalized spacial score (nSPS) is 13.2. The summed E-state index contributed by atoms with van der Waals surface area (Å²) in [6.45, 7) is 0. The highest BCUT2D eigenvalue weighted by molar-refractivity contribution is 6.36. The Bertz CT molecular complexity index is 480. The minimum atomic E-state index is -5.27. The minimum absolute atomic E-state index is 0.403. The van der Waals surface area contributed by atoms with Gasteiger partial charge in [0.15, 0.2) is 0 Å². The molecule has 0 saturated heterocycles. The first kappa shape index (κ1) is 14.8. The van der Waals surface area contributed by atoms with Crippen LogP contribution in [0.3, 0.4) is 0 Å². The molecule has 0 bridgehead atoms. The Labute approximate surface area is 107 Å². The third-order valence-corrected chi connectivity index (χ3v) is 2.28. The van der Waals surface area contributed by atoms with Gasteiger partial charge in [0.05, 0.1) is 16.0 Å². The molecule has 1 aromatic carbocycles. The van der Waals surface area contributed by atoms with E-state index < -0.39 is 38.9 Å². The second-order valence-corrected chi connectivity index (χ2v) is 3.78. The molecular weight excluding hydrogens is 305 g/mol. The van der Waals surface area contributed by atoms with E-state index in [1.807, 2.05) is 0 Å². The predicted molar refractivity (Wildman–Crippen MR) is 54.7 cm³/mol. The summed E-state index contributed by atoms with van der Waals surface area (Å²) in [7, 11) is 0. The van der Waals surface area contributed by atoms with Crippen LogP contribution in [0.2, 0.25) is 10.0 Å². The molecule has 0 saturated carbocycles. The first-order valence-electron chi connectivity index (χ1n) is 4.14. The van der Waals surface area contributed by atoms with Gasteiger partial charge in [-0.2, -0.15) is 17.6 Å². The van der Waals surface area contributed by atoms with Gasteiger partial charge in [-0.25, -0.2) is 0 Å². The van der Waals surface area contributed by atoms with Crippen LogP contribution >= 0.6 is 23.2 Å². The molecule has 4 nitrogen and oxygen atoms in total. The molecule has 0 aromatic heterocycles. The molecule has 0 spiro atoms. The number of benzene rings is 1. The van der Waals surface area contributed by atoms with E-state index in [1.54, 1.807) is 0 Å². The van der Waals surface area contributed by atoms with E-state index in [2.05, 4.69) is 4.74 Å². The Hall–Kier alpha value is -1.28. The lowest BCUT2D eigenvalue weighted by molar-refractivity contribution is -0.384. The number of rotatable bonds is 3. The van der Waals surface area contributed by atoms with Crippen molar-refractivity contribution >= 4 is 28.9 Å². The molecule has 0 fully saturated rings. The zero-order chi connectivity index (χ0) is 14.1. The van der Waals surface area contributed by atoms with Crippen LogP contribution in [0.1, 0.15) is 0 Å². The van der Waals surface area contributed by atoms with Gasteiger partial charge in [-0.05, 0) is 6.07 Å². The van der Waals surface area contributed by atoms with E-state index in [-0.39, 0.29) is 0 Å². The number of nitro benzene ring substituents is 1. The molecular formula is C8H3Cl2F4NO3. The van der Waals surface area contributed by atoms with Crippen molar-refractivity contribution < 1.29 is 27.2 Å². The van der Waals surface area contributed by atoms with E-state index in [4.69, 9.17) is 23.2 Å². The third kappa shape index (κ3) is 3.36. The maximum absolute atomic E-state index is 12.6. The molecule has 10 heteroatoms. The van der Waals surface area contributed by atoms with Gasteiger partial charge in [0.1, 0.15) is 10.8 Å². The second kappa shape index (κ2) is 5.15. The highest BCUT2D eigenvalue weighted by atomic mass is 35.5. The summed E-state index contributed by atoms with van der Waals surface area (Å²) in [5.41, 5.74) is -0.745. The summed E-state index contributed by atoms with van der Waals surface area (Å²) in [4.78, 5) is 9.51. The van der Waals surface area contributed by atoms with E-state index in [1.165, 1.54) is 0 Å². The Morgan fingerprint density at radius 3 is 2.28 bits per heavy atom. The molecule has 1 atom stereocenters. The number of ether oxygens (including phenoxy) is 1. The Kier molecular flexibility index (Phi) is 4.23. The molecule has 18 heavy (non-hydrogen) atoms. The lowest BCUT2D eigenvalue weighted by atomic mass is 10.3. The lowest BCUT2D eigenvalue weighted by Gasteiger charge is -2.15. The standard InChI is InChI=1S/C8H3Cl2F4NO3/c9-3-1-4(10)6(2-5(3)15(16)17)18-7(11)8(12,13)14/h1-2,7H. The van der Waals surface area contributed by atoms with Crippen molar-refractivity contribution in [2.45, 2.75) is 12.5 Å². The Balaban J connectivity index is 3.10. The van der Waals surface area contributed by atoms with Crippen molar-refractivity contribution in [2.24, 2.45) is 0 Å². The van der Waals surface area contributed by atoms with Crippen LogP contribution in [0.15, 0.2) is 12.1 Å². The number of hydrogen-bond acceptors (Lipinski definition) is 3. The molecule has 0 N–H and O–H groups in total. The summed E-state index contributed by atoms with van der Waals surface area (Å²) in [5, 5.41) is 9.60. The first-order valence-corrected chi connectivity index (χ1v) is 4.89. The fourth-order valence-corrected chi connectivity index (χ4v) is 1.42. The lowest BCUT2D eigenvalue weighted by Crippen LogP contribution is -2.29. The molecule has 0 heterocycles. The summed E-state index contributed by atoms with van der Waals surface area (Å²) in [6.07, 6.45) is -8.91. The van der Waals surface area contributed by atoms with Crippen LogP contribution in [-0.2, 0) is 0 Å². The van der Waals surface area contributed by atoms with Crippen LogP contribution in [0.4, 0.5) is 23.2 Å². The highest BCUT2D eigenvalue weighted by Gasteiger charge is 2.43. The Morgan fingerprint density at radius 1 is 1.28 bits per heavy atom. The molecule has 0 amide bonds. The van der Waals surface area contributed by atoms with Crippen molar-refractivity contribution in [1.82, 2.24) is 0 Å². The quantitative estimate of drug-likeness (QED) is 0.479. The van der Waals surface area contributed by atoms with Crippen LogP contribution in [-0.4, -0.2) is 17.5 Å². The van der Waals surface area contributed by atoms with E-state index >= 15 is 0 Å². The smallest absolute Gasteiger partial charge is 0.450 e. The topological polar surface area (TPSA) is 52.4 Å². The number of alkyl halides is 4. The zero-order valence-corrected chi connectivity index (χ0v) is 9.68. The first-order chi connectivity index (χ1) is 8.12. The van der Waals surface area contributed by atoms with Gasteiger partial charge in [-0.1, -0.05) is 23.2 Å². The fraction of sp³-hybridized carbons (Fsp3) is 0.250. The Morgan fingerprint density at radius 2 is 1.83 bits per heavy atom. The number of nitro groups is 1. The second-order valence-electron chi connectivity index (χ2n) is 2.97. The molecule has 1 rings (SSSR count). The van der Waals surface area contributed by atoms with Gasteiger partial charge in [0.25, 0.3) is 5.69 Å². The van der Waals surface area contributed by atoms with Crippen molar-refractivity contribution in [2.75, 3.05) is 0 Å². The van der Waals surface area contributed by atoms with Crippen LogP contribution in [0, 0.1) is 10.1 Å². The molecule has 0 aliphatic rings. The van der Waals surface area contributed by atoms with Crippen molar-refractivity contribution in [3.8, 4) is 5.75 Å². The van der Waals surface area contributed by atoms with Gasteiger partial charge < -0.3 is 4.74 Å². The van der Waals surface area contributed by atoms with Crippen molar-refractivity contribution in [3.63, 3.8) is 0 Å². The monoisotopic (exact) mass is 307 g/mol. The number of halogens is 6. The maximum atomic E-state index is 12.6. The van der Waals surface area contributed by atoms with Gasteiger partial charge >= 0.3 is 12.5 Å². The highest BCUT2D eigenvalue weighted by Crippen LogP contribution is 2.37. The van der Waals surface area contributed by atoms with E-state index in [0.29, 0.717) is 6.07 Å². The molecule has 1 unspecified atom stereocenters. The summed E-state index contributed by atoms with van der Waals surface area (Å²) >= 11 is 10.9. The van der Waals surface area contributed by atoms with Crippen molar-refractivity contribution in [3.05, 3.63) is 32.3 Å².